The highest BCUT2D eigenvalue weighted by atomic mass is 79.9. The molecule has 0 aliphatic carbocycles. The van der Waals surface area contributed by atoms with Crippen LogP contribution in [0.4, 0.5) is 0 Å². The van der Waals surface area contributed by atoms with Gasteiger partial charge in [-0.15, -0.1) is 34.0 Å². The summed E-state index contributed by atoms with van der Waals surface area (Å²) in [4.78, 5) is 15.9. The summed E-state index contributed by atoms with van der Waals surface area (Å²) >= 11 is 12.7. The SMILES string of the molecule is CCCCCCCCc1ccc(-c2nc3c(-c4ccc(Br)s4)sc(-c4ccc(Br)s4)c3nc2-c2ccc(CCCCCCCC)cc2)cc1. The largest absolute Gasteiger partial charge is 0.242 e. The van der Waals surface area contributed by atoms with Gasteiger partial charge in [0.05, 0.1) is 28.7 Å². The maximum absolute atomic E-state index is 5.53. The fourth-order valence-corrected chi connectivity index (χ4v) is 10.6. The van der Waals surface area contributed by atoms with Gasteiger partial charge in [0.2, 0.25) is 0 Å². The monoisotopic (exact) mass is 832 g/mol. The zero-order chi connectivity index (χ0) is 34.0. The van der Waals surface area contributed by atoms with Gasteiger partial charge in [0.15, 0.2) is 0 Å². The second-order valence-corrected chi connectivity index (χ2v) is 19.0. The summed E-state index contributed by atoms with van der Waals surface area (Å²) in [5.41, 5.74) is 8.92. The highest BCUT2D eigenvalue weighted by Crippen LogP contribution is 2.48. The molecule has 4 aromatic heterocycles. The first kappa shape index (κ1) is 36.6. The molecule has 49 heavy (non-hydrogen) atoms. The molecule has 0 saturated heterocycles. The van der Waals surface area contributed by atoms with Crippen LogP contribution in [0.3, 0.4) is 0 Å². The van der Waals surface area contributed by atoms with Crippen LogP contribution >= 0.6 is 65.9 Å². The van der Waals surface area contributed by atoms with Crippen molar-refractivity contribution in [2.75, 3.05) is 0 Å². The Morgan fingerprint density at radius 3 is 1.20 bits per heavy atom. The lowest BCUT2D eigenvalue weighted by Crippen LogP contribution is -1.96. The molecule has 6 rings (SSSR count). The summed E-state index contributed by atoms with van der Waals surface area (Å²) in [6.07, 6.45) is 18.1. The molecule has 0 N–H and O–H groups in total. The molecule has 0 spiro atoms. The number of aryl methyl sites for hydroxylation is 2. The number of fused-ring (bicyclic) bond motifs is 1. The van der Waals surface area contributed by atoms with Crippen LogP contribution in [0.25, 0.3) is 53.1 Å². The number of hydrogen-bond acceptors (Lipinski definition) is 5. The molecule has 0 bridgehead atoms. The van der Waals surface area contributed by atoms with Crippen LogP contribution in [-0.2, 0) is 12.8 Å². The maximum Gasteiger partial charge on any atom is 0.110 e. The molecule has 0 amide bonds. The van der Waals surface area contributed by atoms with Gasteiger partial charge in [-0.2, -0.15) is 0 Å². The molecule has 0 fully saturated rings. The van der Waals surface area contributed by atoms with Crippen molar-refractivity contribution in [3.63, 3.8) is 0 Å². The lowest BCUT2D eigenvalue weighted by atomic mass is 9.98. The van der Waals surface area contributed by atoms with Gasteiger partial charge in [-0.3, -0.25) is 0 Å². The molecule has 0 unspecified atom stereocenters. The molecule has 0 atom stereocenters. The van der Waals surface area contributed by atoms with E-state index >= 15 is 0 Å². The van der Waals surface area contributed by atoms with Crippen molar-refractivity contribution in [3.8, 4) is 42.0 Å². The molecule has 6 aromatic rings. The van der Waals surface area contributed by atoms with E-state index in [1.807, 2.05) is 0 Å². The average molecular weight is 835 g/mol. The van der Waals surface area contributed by atoms with E-state index in [0.717, 1.165) is 54.0 Å². The van der Waals surface area contributed by atoms with Gasteiger partial charge < -0.3 is 0 Å². The van der Waals surface area contributed by atoms with Crippen molar-refractivity contribution in [1.82, 2.24) is 9.97 Å². The zero-order valence-electron chi connectivity index (χ0n) is 28.7. The number of halogens is 2. The van der Waals surface area contributed by atoms with E-state index in [0.29, 0.717) is 0 Å². The molecule has 256 valence electrons. The average Bonchev–Trinajstić information content (AvgIpc) is 3.85. The molecule has 0 aliphatic rings. The number of hydrogen-bond donors (Lipinski definition) is 0. The molecule has 0 aliphatic heterocycles. The van der Waals surface area contributed by atoms with Crippen molar-refractivity contribution in [2.24, 2.45) is 0 Å². The lowest BCUT2D eigenvalue weighted by molar-refractivity contribution is 0.607. The quantitative estimate of drug-likeness (QED) is 0.0806. The molecule has 2 nitrogen and oxygen atoms in total. The first-order valence-corrected chi connectivity index (χ1v) is 22.1. The third-order valence-electron chi connectivity index (χ3n) is 9.22. The Balaban J connectivity index is 1.37. The predicted octanol–water partition coefficient (Wildman–Crippen LogP) is 15.8. The van der Waals surface area contributed by atoms with Gasteiger partial charge in [-0.1, -0.05) is 127 Å². The Labute approximate surface area is 321 Å². The van der Waals surface area contributed by atoms with Gasteiger partial charge >= 0.3 is 0 Å². The van der Waals surface area contributed by atoms with Crippen LogP contribution in [0.5, 0.6) is 0 Å². The van der Waals surface area contributed by atoms with Crippen LogP contribution in [-0.4, -0.2) is 9.97 Å². The second kappa shape index (κ2) is 18.4. The Morgan fingerprint density at radius 1 is 0.449 bits per heavy atom. The fraction of sp³-hybridized carbons (Fsp3) is 0.381. The summed E-state index contributed by atoms with van der Waals surface area (Å²) in [7, 11) is 0. The number of aromatic nitrogens is 2. The summed E-state index contributed by atoms with van der Waals surface area (Å²) in [5, 5.41) is 0. The van der Waals surface area contributed by atoms with Gasteiger partial charge in [-0.25, -0.2) is 9.97 Å². The van der Waals surface area contributed by atoms with E-state index in [4.69, 9.17) is 9.97 Å². The molecule has 2 aromatic carbocycles. The second-order valence-electron chi connectivity index (χ2n) is 13.0. The van der Waals surface area contributed by atoms with E-state index in [1.54, 1.807) is 34.0 Å². The Kier molecular flexibility index (Phi) is 13.7. The summed E-state index contributed by atoms with van der Waals surface area (Å²) in [5.74, 6) is 0. The molecular formula is C42H46Br2N2S3. The van der Waals surface area contributed by atoms with E-state index in [9.17, 15) is 0 Å². The standard InChI is InChI=1S/C42H46Br2N2S3/c1-3-5-7-9-11-13-15-29-17-21-31(22-18-29)37-38(32-23-19-30(20-24-32)16-14-12-10-8-6-4-2)46-40-39(45-37)41(33-25-27-35(43)47-33)49-42(40)34-26-28-36(44)48-34/h17-28H,3-16H2,1-2H3. The fourth-order valence-electron chi connectivity index (χ4n) is 6.44. The predicted molar refractivity (Wildman–Crippen MR) is 224 cm³/mol. The van der Waals surface area contributed by atoms with Crippen molar-refractivity contribution in [1.29, 1.82) is 0 Å². The normalized spacial score (nSPS) is 11.6. The highest BCUT2D eigenvalue weighted by molar-refractivity contribution is 9.11. The minimum Gasteiger partial charge on any atom is -0.242 e. The molecular weight excluding hydrogens is 788 g/mol. The highest BCUT2D eigenvalue weighted by Gasteiger charge is 2.23. The lowest BCUT2D eigenvalue weighted by Gasteiger charge is -2.12. The zero-order valence-corrected chi connectivity index (χ0v) is 34.3. The van der Waals surface area contributed by atoms with Crippen LogP contribution in [0.1, 0.15) is 102 Å². The summed E-state index contributed by atoms with van der Waals surface area (Å²) in [6.45, 7) is 4.56. The van der Waals surface area contributed by atoms with Crippen molar-refractivity contribution >= 4 is 76.9 Å². The first-order chi connectivity index (χ1) is 24.0. The van der Waals surface area contributed by atoms with E-state index in [1.165, 1.54) is 108 Å². The number of thiophene rings is 3. The van der Waals surface area contributed by atoms with Crippen molar-refractivity contribution in [3.05, 3.63) is 91.5 Å². The Hall–Kier alpha value is -2.16. The van der Waals surface area contributed by atoms with Crippen LogP contribution in [0, 0.1) is 0 Å². The number of rotatable bonds is 18. The molecule has 0 radical (unpaired) electrons. The van der Waals surface area contributed by atoms with Crippen LogP contribution in [0.2, 0.25) is 0 Å². The van der Waals surface area contributed by atoms with Gasteiger partial charge in [0.25, 0.3) is 0 Å². The molecule has 7 heteroatoms. The van der Waals surface area contributed by atoms with E-state index in [2.05, 4.69) is 119 Å². The molecule has 4 heterocycles. The van der Waals surface area contributed by atoms with E-state index in [-0.39, 0.29) is 0 Å². The Bertz CT molecular complexity index is 1780. The van der Waals surface area contributed by atoms with Crippen molar-refractivity contribution < 1.29 is 0 Å². The van der Waals surface area contributed by atoms with E-state index < -0.39 is 0 Å². The summed E-state index contributed by atoms with van der Waals surface area (Å²) < 4.78 is 2.24. The first-order valence-electron chi connectivity index (χ1n) is 18.1. The van der Waals surface area contributed by atoms with Gasteiger partial charge in [0.1, 0.15) is 11.0 Å². The minimum atomic E-state index is 0.955. The van der Waals surface area contributed by atoms with Crippen LogP contribution < -0.4 is 0 Å². The Morgan fingerprint density at radius 2 is 0.837 bits per heavy atom. The topological polar surface area (TPSA) is 25.8 Å². The number of nitrogens with zero attached hydrogens (tertiary/aromatic N) is 2. The number of unbranched alkanes of at least 4 members (excludes halogenated alkanes) is 10. The molecule has 0 saturated carbocycles. The number of benzene rings is 2. The van der Waals surface area contributed by atoms with Crippen molar-refractivity contribution in [2.45, 2.75) is 104 Å². The third-order valence-corrected chi connectivity index (χ3v) is 14.0. The smallest absolute Gasteiger partial charge is 0.110 e. The third kappa shape index (κ3) is 9.59. The van der Waals surface area contributed by atoms with Gasteiger partial charge in [0, 0.05) is 20.9 Å². The maximum atomic E-state index is 5.53. The minimum absolute atomic E-state index is 0.955. The summed E-state index contributed by atoms with van der Waals surface area (Å²) in [6, 6.07) is 26.9. The van der Waals surface area contributed by atoms with Gasteiger partial charge in [-0.05, 0) is 92.9 Å². The van der Waals surface area contributed by atoms with Crippen LogP contribution in [0.15, 0.2) is 80.4 Å².